The van der Waals surface area contributed by atoms with Gasteiger partial charge in [0.15, 0.2) is 0 Å². The van der Waals surface area contributed by atoms with Crippen LogP contribution in [0.5, 0.6) is 0 Å². The van der Waals surface area contributed by atoms with E-state index in [1.807, 2.05) is 6.92 Å². The van der Waals surface area contributed by atoms with Crippen LogP contribution >= 0.6 is 11.8 Å². The lowest BCUT2D eigenvalue weighted by molar-refractivity contribution is -0.119. The molecule has 3 aromatic rings. The Labute approximate surface area is 174 Å². The Morgan fingerprint density at radius 2 is 1.76 bits per heavy atom. The maximum absolute atomic E-state index is 13.0. The highest BCUT2D eigenvalue weighted by Crippen LogP contribution is 2.23. The molecule has 2 aromatic carbocycles. The van der Waals surface area contributed by atoms with Crippen LogP contribution in [0.3, 0.4) is 0 Å². The first-order valence-electron chi connectivity index (χ1n) is 9.51. The van der Waals surface area contributed by atoms with Crippen molar-refractivity contribution in [3.63, 3.8) is 0 Å². The average Bonchev–Trinajstić information content (AvgIpc) is 3.16. The SMILES string of the molecule is CC(C)Cc1ccc(C(C)NC(=O)CSc2nnc(-c3ccc(F)cc3)o2)cc1. The summed E-state index contributed by atoms with van der Waals surface area (Å²) in [5, 5.41) is 11.1. The molecule has 152 valence electrons. The Kier molecular flexibility index (Phi) is 7.04. The Balaban J connectivity index is 1.50. The molecule has 1 heterocycles. The fraction of sp³-hybridized carbons (Fsp3) is 0.318. The zero-order valence-electron chi connectivity index (χ0n) is 16.7. The van der Waals surface area contributed by atoms with Crippen molar-refractivity contribution < 1.29 is 13.6 Å². The number of hydrogen-bond acceptors (Lipinski definition) is 5. The smallest absolute Gasteiger partial charge is 0.277 e. The lowest BCUT2D eigenvalue weighted by Gasteiger charge is -2.15. The van der Waals surface area contributed by atoms with Crippen molar-refractivity contribution in [2.24, 2.45) is 5.92 Å². The van der Waals surface area contributed by atoms with Gasteiger partial charge in [-0.25, -0.2) is 4.39 Å². The number of rotatable bonds is 8. The molecule has 29 heavy (non-hydrogen) atoms. The van der Waals surface area contributed by atoms with Gasteiger partial charge in [-0.2, -0.15) is 0 Å². The maximum atomic E-state index is 13.0. The van der Waals surface area contributed by atoms with E-state index in [9.17, 15) is 9.18 Å². The van der Waals surface area contributed by atoms with Crippen LogP contribution in [-0.4, -0.2) is 21.9 Å². The summed E-state index contributed by atoms with van der Waals surface area (Å²) in [6, 6.07) is 14.0. The molecule has 1 unspecified atom stereocenters. The first-order valence-corrected chi connectivity index (χ1v) is 10.5. The first-order chi connectivity index (χ1) is 13.9. The quantitative estimate of drug-likeness (QED) is 0.524. The number of nitrogens with one attached hydrogen (secondary N) is 1. The van der Waals surface area contributed by atoms with Crippen LogP contribution in [0.25, 0.3) is 11.5 Å². The fourth-order valence-electron chi connectivity index (χ4n) is 2.88. The van der Waals surface area contributed by atoms with Gasteiger partial charge in [-0.3, -0.25) is 4.79 Å². The largest absolute Gasteiger partial charge is 0.411 e. The number of halogens is 1. The number of amides is 1. The Morgan fingerprint density at radius 1 is 1.07 bits per heavy atom. The number of hydrogen-bond donors (Lipinski definition) is 1. The monoisotopic (exact) mass is 413 g/mol. The van der Waals surface area contributed by atoms with Crippen LogP contribution in [0, 0.1) is 11.7 Å². The van der Waals surface area contributed by atoms with Crippen LogP contribution in [0.2, 0.25) is 0 Å². The molecule has 0 bridgehead atoms. The van der Waals surface area contributed by atoms with Crippen molar-refractivity contribution in [1.82, 2.24) is 15.5 Å². The number of carbonyl (C=O) groups is 1. The lowest BCUT2D eigenvalue weighted by atomic mass is 10.00. The molecule has 0 spiro atoms. The molecule has 0 aliphatic heterocycles. The van der Waals surface area contributed by atoms with Crippen LogP contribution in [0.1, 0.15) is 37.9 Å². The maximum Gasteiger partial charge on any atom is 0.277 e. The summed E-state index contributed by atoms with van der Waals surface area (Å²) in [5.74, 6) is 0.630. The van der Waals surface area contributed by atoms with Gasteiger partial charge in [0.1, 0.15) is 5.82 Å². The van der Waals surface area contributed by atoms with Gasteiger partial charge in [0.2, 0.25) is 11.8 Å². The summed E-state index contributed by atoms with van der Waals surface area (Å²) in [6.45, 7) is 6.35. The normalized spacial score (nSPS) is 12.2. The number of aromatic nitrogens is 2. The van der Waals surface area contributed by atoms with E-state index in [0.717, 1.165) is 12.0 Å². The fourth-order valence-corrected chi connectivity index (χ4v) is 3.46. The van der Waals surface area contributed by atoms with Crippen molar-refractivity contribution in [1.29, 1.82) is 0 Å². The van der Waals surface area contributed by atoms with Gasteiger partial charge in [0.05, 0.1) is 11.8 Å². The molecule has 7 heteroatoms. The molecular weight excluding hydrogens is 389 g/mol. The zero-order valence-corrected chi connectivity index (χ0v) is 17.5. The van der Waals surface area contributed by atoms with Gasteiger partial charge in [-0.1, -0.05) is 49.9 Å². The highest BCUT2D eigenvalue weighted by atomic mass is 32.2. The Morgan fingerprint density at radius 3 is 2.41 bits per heavy atom. The first kappa shape index (κ1) is 21.0. The second-order valence-electron chi connectivity index (χ2n) is 7.30. The minimum Gasteiger partial charge on any atom is -0.411 e. The molecule has 1 aromatic heterocycles. The van der Waals surface area contributed by atoms with Crippen LogP contribution in [-0.2, 0) is 11.2 Å². The van der Waals surface area contributed by atoms with Gasteiger partial charge in [0, 0.05) is 5.56 Å². The van der Waals surface area contributed by atoms with Crippen LogP contribution in [0.15, 0.2) is 58.2 Å². The van der Waals surface area contributed by atoms with Crippen molar-refractivity contribution in [3.8, 4) is 11.5 Å². The van der Waals surface area contributed by atoms with Crippen molar-refractivity contribution in [2.75, 3.05) is 5.75 Å². The van der Waals surface area contributed by atoms with Crippen molar-refractivity contribution in [3.05, 3.63) is 65.5 Å². The van der Waals surface area contributed by atoms with Gasteiger partial charge >= 0.3 is 0 Å². The van der Waals surface area contributed by atoms with Gasteiger partial charge in [-0.15, -0.1) is 10.2 Å². The van der Waals surface area contributed by atoms with Crippen molar-refractivity contribution in [2.45, 2.75) is 38.5 Å². The highest BCUT2D eigenvalue weighted by molar-refractivity contribution is 7.99. The molecular formula is C22H24FN3O2S. The van der Waals surface area contributed by atoms with E-state index in [2.05, 4.69) is 53.6 Å². The van der Waals surface area contributed by atoms with Crippen molar-refractivity contribution >= 4 is 17.7 Å². The molecule has 0 fully saturated rings. The third kappa shape index (κ3) is 6.15. The second kappa shape index (κ2) is 9.69. The minimum atomic E-state index is -0.330. The number of carbonyl (C=O) groups excluding carboxylic acids is 1. The van der Waals surface area contributed by atoms with E-state index in [-0.39, 0.29) is 23.5 Å². The summed E-state index contributed by atoms with van der Waals surface area (Å²) in [7, 11) is 0. The van der Waals surface area contributed by atoms with E-state index >= 15 is 0 Å². The molecule has 3 rings (SSSR count). The Bertz CT molecular complexity index is 939. The standard InChI is InChI=1S/C22H24FN3O2S/c1-14(2)12-16-4-6-17(7-5-16)15(3)24-20(27)13-29-22-26-25-21(28-22)18-8-10-19(23)11-9-18/h4-11,14-15H,12-13H2,1-3H3,(H,24,27). The highest BCUT2D eigenvalue weighted by Gasteiger charge is 2.14. The number of thioether (sulfide) groups is 1. The predicted molar refractivity (Wildman–Crippen MR) is 112 cm³/mol. The summed E-state index contributed by atoms with van der Waals surface area (Å²) in [5.41, 5.74) is 2.99. The predicted octanol–water partition coefficient (Wildman–Crippen LogP) is 5.04. The van der Waals surface area contributed by atoms with E-state index < -0.39 is 0 Å². The van der Waals surface area contributed by atoms with E-state index in [4.69, 9.17) is 4.42 Å². The van der Waals surface area contributed by atoms with Crippen LogP contribution < -0.4 is 5.32 Å². The molecule has 5 nitrogen and oxygen atoms in total. The summed E-state index contributed by atoms with van der Waals surface area (Å²) >= 11 is 1.17. The van der Waals surface area contributed by atoms with Crippen LogP contribution in [0.4, 0.5) is 4.39 Å². The lowest BCUT2D eigenvalue weighted by Crippen LogP contribution is -2.28. The number of benzene rings is 2. The van der Waals surface area contributed by atoms with E-state index in [0.29, 0.717) is 22.6 Å². The molecule has 0 saturated heterocycles. The van der Waals surface area contributed by atoms with E-state index in [1.54, 1.807) is 12.1 Å². The van der Waals surface area contributed by atoms with Gasteiger partial charge in [0.25, 0.3) is 5.22 Å². The second-order valence-corrected chi connectivity index (χ2v) is 8.22. The minimum absolute atomic E-state index is 0.0892. The zero-order chi connectivity index (χ0) is 20.8. The molecule has 0 radical (unpaired) electrons. The number of nitrogens with zero attached hydrogens (tertiary/aromatic N) is 2. The van der Waals surface area contributed by atoms with Gasteiger partial charge < -0.3 is 9.73 Å². The summed E-state index contributed by atoms with van der Waals surface area (Å²) < 4.78 is 18.5. The van der Waals surface area contributed by atoms with E-state index in [1.165, 1.54) is 29.5 Å². The molecule has 0 saturated carbocycles. The summed E-state index contributed by atoms with van der Waals surface area (Å²) in [4.78, 5) is 12.3. The average molecular weight is 414 g/mol. The van der Waals surface area contributed by atoms with Gasteiger partial charge in [-0.05, 0) is 54.7 Å². The molecule has 0 aliphatic carbocycles. The topological polar surface area (TPSA) is 68.0 Å². The summed E-state index contributed by atoms with van der Waals surface area (Å²) in [6.07, 6.45) is 1.04. The Hall–Kier alpha value is -2.67. The molecule has 0 aliphatic rings. The molecule has 1 N–H and O–H groups in total. The molecule has 1 atom stereocenters. The third-order valence-electron chi connectivity index (χ3n) is 4.33. The third-order valence-corrected chi connectivity index (χ3v) is 5.14. The molecule has 1 amide bonds.